The third kappa shape index (κ3) is 6.54. The highest BCUT2D eigenvalue weighted by atomic mass is 15.2. The molecule has 4 heteroatoms. The van der Waals surface area contributed by atoms with Gasteiger partial charge in [0.25, 0.3) is 0 Å². The first kappa shape index (κ1) is 38.4. The van der Waals surface area contributed by atoms with Gasteiger partial charge in [-0.2, -0.15) is 0 Å². The van der Waals surface area contributed by atoms with Crippen molar-refractivity contribution >= 4 is 110 Å². The SMILES string of the molecule is [2H]c1c([2H])c([2H])c(N(c2ccccc2-c2ccccc2)c2ccc3c4cc5c(cc4n4c6ccc(C78CCC(CC7)C8)cc6c2c34)c2ccc(N(c3ccccc3-c3ccccc3)c3c([2H])c([2H])c([2H])c([2H])c3[2H])c3c4cc(C67CCC(CC6)C7)ccc4n5c23)c([2H])c1[2H]. The summed E-state index contributed by atoms with van der Waals surface area (Å²) in [5.74, 6) is 1.42. The van der Waals surface area contributed by atoms with E-state index in [9.17, 15) is 5.48 Å². The van der Waals surface area contributed by atoms with Gasteiger partial charge >= 0.3 is 0 Å². The Kier molecular flexibility index (Phi) is 8.04. The number of benzene rings is 11. The Balaban J connectivity index is 0.933. The third-order valence-corrected chi connectivity index (χ3v) is 21.0. The van der Waals surface area contributed by atoms with Crippen molar-refractivity contribution in [3.05, 3.63) is 254 Å². The molecule has 0 spiro atoms. The molecule has 4 fully saturated rings. The number of nitrogens with zero attached hydrogens (tertiary/aromatic N) is 4. The van der Waals surface area contributed by atoms with Crippen LogP contribution in [0.25, 0.3) is 98.4 Å². The van der Waals surface area contributed by atoms with Crippen molar-refractivity contribution in [2.24, 2.45) is 11.8 Å². The maximum atomic E-state index is 9.73. The summed E-state index contributed by atoms with van der Waals surface area (Å²) in [6, 6.07) is 59.9. The van der Waals surface area contributed by atoms with Crippen LogP contribution in [0.1, 0.15) is 89.0 Å². The van der Waals surface area contributed by atoms with Crippen molar-refractivity contribution in [2.75, 3.05) is 9.80 Å². The van der Waals surface area contributed by atoms with E-state index in [4.69, 9.17) is 8.22 Å². The van der Waals surface area contributed by atoms with Gasteiger partial charge in [-0.3, -0.25) is 0 Å². The van der Waals surface area contributed by atoms with E-state index in [1.165, 1.54) is 36.8 Å². The smallest absolute Gasteiger partial charge is 0.0645 e. The van der Waals surface area contributed by atoms with Crippen molar-refractivity contribution in [2.45, 2.75) is 75.0 Å². The fourth-order valence-electron chi connectivity index (χ4n) is 17.3. The molecule has 19 rings (SSSR count). The Hall–Kier alpha value is -9.38. The molecule has 11 aromatic carbocycles. The summed E-state index contributed by atoms with van der Waals surface area (Å²) in [4.78, 5) is 3.88. The lowest BCUT2D eigenvalue weighted by atomic mass is 9.77. The lowest BCUT2D eigenvalue weighted by Gasteiger charge is -2.29. The summed E-state index contributed by atoms with van der Waals surface area (Å²) >= 11 is 0. The van der Waals surface area contributed by atoms with Gasteiger partial charge in [0.2, 0.25) is 0 Å². The van der Waals surface area contributed by atoms with E-state index in [1.807, 2.05) is 94.7 Å². The van der Waals surface area contributed by atoms with Gasteiger partial charge in [0.1, 0.15) is 0 Å². The topological polar surface area (TPSA) is 15.3 Å². The number of rotatable bonds is 10. The quantitative estimate of drug-likeness (QED) is 0.136. The number of hydrogen-bond acceptors (Lipinski definition) is 2. The molecule has 0 N–H and O–H groups in total. The van der Waals surface area contributed by atoms with Crippen LogP contribution in [0, 0.1) is 11.8 Å². The number of aromatic nitrogens is 2. The van der Waals surface area contributed by atoms with E-state index >= 15 is 0 Å². The largest absolute Gasteiger partial charge is 0.309 e. The maximum Gasteiger partial charge on any atom is 0.0645 e. The minimum atomic E-state index is -0.449. The third-order valence-electron chi connectivity index (χ3n) is 21.0. The fourth-order valence-corrected chi connectivity index (χ4v) is 17.3. The second-order valence-electron chi connectivity index (χ2n) is 25.0. The van der Waals surface area contributed by atoms with Gasteiger partial charge in [-0.1, -0.05) is 158 Å². The van der Waals surface area contributed by atoms with E-state index in [1.54, 1.807) is 0 Å². The Morgan fingerprint density at radius 2 is 0.762 bits per heavy atom. The number of hydrogen-bond donors (Lipinski definition) is 0. The Labute approximate surface area is 503 Å². The van der Waals surface area contributed by atoms with Gasteiger partial charge < -0.3 is 18.6 Å². The molecule has 4 bridgehead atoms. The Bertz CT molecular complexity index is 5330. The number of para-hydroxylation sites is 4. The van der Waals surface area contributed by atoms with Crippen LogP contribution in [0.3, 0.4) is 0 Å². The standard InChI is InChI=1S/C80H62N4/c1-5-17-53(18-6-1)59-25-13-15-27-67(59)81(57-21-9-3-10-22-57)71-35-31-61-63-47-74-64(48-73(63)83-69-33-29-55(45-65(69)75(71)77(61)83)79-41-37-51(49-79)38-42-79)62-32-36-72(76-66-46-56(30-34-70(66)84(74)78(62)76)80-43-39-52(50-80)40-44-80)82(58-23-11-4-12-24-58)68-28-16-14-26-60(68)54-19-7-2-8-20-54/h1-36,45-48,51-52H,37-44,49-50H2/i3D,4D,9D,10D,11D,12D,21D,22D,23D,24D. The molecule has 4 saturated carbocycles. The highest BCUT2D eigenvalue weighted by Crippen LogP contribution is 2.59. The van der Waals surface area contributed by atoms with Crippen LogP contribution >= 0.6 is 0 Å². The lowest BCUT2D eigenvalue weighted by Crippen LogP contribution is -2.19. The van der Waals surface area contributed by atoms with Gasteiger partial charge in [0.15, 0.2) is 0 Å². The molecule has 4 heterocycles. The van der Waals surface area contributed by atoms with Gasteiger partial charge in [-0.25, -0.2) is 0 Å². The van der Waals surface area contributed by atoms with E-state index in [2.05, 4.69) is 106 Å². The van der Waals surface area contributed by atoms with Crippen LogP contribution in [0.15, 0.2) is 242 Å². The molecule has 4 nitrogen and oxygen atoms in total. The van der Waals surface area contributed by atoms with Crippen LogP contribution in [0.5, 0.6) is 0 Å². The zero-order chi connectivity index (χ0) is 63.5. The minimum absolute atomic E-state index is 0.0625. The molecule has 0 atom stereocenters. The van der Waals surface area contributed by atoms with E-state index in [-0.39, 0.29) is 46.4 Å². The van der Waals surface area contributed by atoms with E-state index < -0.39 is 36.3 Å². The highest BCUT2D eigenvalue weighted by Gasteiger charge is 2.47. The molecule has 84 heavy (non-hydrogen) atoms. The minimum Gasteiger partial charge on any atom is -0.309 e. The summed E-state index contributed by atoms with van der Waals surface area (Å²) in [6.07, 6.45) is 11.7. The molecule has 4 aromatic heterocycles. The molecule has 0 saturated heterocycles. The average Bonchev–Trinajstić information content (AvgIpc) is 1.50. The second kappa shape index (κ2) is 17.6. The molecule has 0 aliphatic heterocycles. The van der Waals surface area contributed by atoms with Crippen LogP contribution in [-0.2, 0) is 10.8 Å². The zero-order valence-electron chi connectivity index (χ0n) is 56.3. The van der Waals surface area contributed by atoms with Crippen molar-refractivity contribution in [3.63, 3.8) is 0 Å². The second-order valence-corrected chi connectivity index (χ2v) is 25.0. The fraction of sp³-hybridized carbons (Fsp3) is 0.175. The Morgan fingerprint density at radius 1 is 0.357 bits per heavy atom. The van der Waals surface area contributed by atoms with Crippen molar-refractivity contribution in [1.82, 2.24) is 8.80 Å². The van der Waals surface area contributed by atoms with Crippen LogP contribution in [-0.4, -0.2) is 8.80 Å². The van der Waals surface area contributed by atoms with E-state index in [0.717, 1.165) is 137 Å². The molecule has 4 aliphatic rings. The van der Waals surface area contributed by atoms with Crippen molar-refractivity contribution < 1.29 is 13.7 Å². The predicted molar refractivity (Wildman–Crippen MR) is 353 cm³/mol. The zero-order valence-corrected chi connectivity index (χ0v) is 46.3. The highest BCUT2D eigenvalue weighted by molar-refractivity contribution is 6.32. The van der Waals surface area contributed by atoms with Crippen molar-refractivity contribution in [3.8, 4) is 22.3 Å². The number of anilines is 6. The van der Waals surface area contributed by atoms with Crippen LogP contribution in [0.2, 0.25) is 0 Å². The van der Waals surface area contributed by atoms with Gasteiger partial charge in [0.05, 0.1) is 69.6 Å². The summed E-state index contributed by atoms with van der Waals surface area (Å²) in [5, 5.41) is 8.02. The van der Waals surface area contributed by atoms with E-state index in [0.29, 0.717) is 34.6 Å². The molecule has 402 valence electrons. The Morgan fingerprint density at radius 3 is 1.17 bits per heavy atom. The molecule has 15 aromatic rings. The normalized spacial score (nSPS) is 21.9. The summed E-state index contributed by atoms with van der Waals surface area (Å²) in [6.45, 7) is 0. The lowest BCUT2D eigenvalue weighted by molar-refractivity contribution is 0.419. The maximum absolute atomic E-state index is 9.73. The van der Waals surface area contributed by atoms with Crippen LogP contribution in [0.4, 0.5) is 34.1 Å². The van der Waals surface area contributed by atoms with Gasteiger partial charge in [-0.05, 0) is 194 Å². The first-order chi connectivity index (χ1) is 45.7. The summed E-state index contributed by atoms with van der Waals surface area (Å²) in [7, 11) is 0. The van der Waals surface area contributed by atoms with Gasteiger partial charge in [-0.15, -0.1) is 0 Å². The number of fused-ring (bicyclic) bond motifs is 16. The molecular weight excluding hydrogens is 1020 g/mol. The molecule has 0 radical (unpaired) electrons. The first-order valence-electron chi connectivity index (χ1n) is 35.2. The average molecular weight is 1090 g/mol. The van der Waals surface area contributed by atoms with Crippen molar-refractivity contribution in [1.29, 1.82) is 0 Å². The van der Waals surface area contributed by atoms with Crippen LogP contribution < -0.4 is 9.80 Å². The monoisotopic (exact) mass is 1090 g/mol. The van der Waals surface area contributed by atoms with Gasteiger partial charge in [0, 0.05) is 65.6 Å². The summed E-state index contributed by atoms with van der Waals surface area (Å²) < 4.78 is 98.0. The molecule has 4 aliphatic carbocycles. The molecule has 0 amide bonds. The first-order valence-corrected chi connectivity index (χ1v) is 30.2. The predicted octanol–water partition coefficient (Wildman–Crippen LogP) is 21.9. The molecule has 0 unspecified atom stereocenters. The summed E-state index contributed by atoms with van der Waals surface area (Å²) in [5.41, 5.74) is 15.2. The molecular formula is C80H62N4.